The Kier molecular flexibility index (Phi) is 3.85. The second-order valence-corrected chi connectivity index (χ2v) is 6.61. The zero-order chi connectivity index (χ0) is 16.4. The van der Waals surface area contributed by atoms with Gasteiger partial charge in [0.1, 0.15) is 0 Å². The number of hydrogen-bond donors (Lipinski definition) is 2. The molecule has 2 heterocycles. The molecular formula is C15H14N4O3S. The van der Waals surface area contributed by atoms with Crippen molar-refractivity contribution in [2.24, 2.45) is 5.73 Å². The van der Waals surface area contributed by atoms with Crippen LogP contribution in [0.5, 0.6) is 0 Å². The van der Waals surface area contributed by atoms with E-state index in [1.165, 1.54) is 18.2 Å². The van der Waals surface area contributed by atoms with Gasteiger partial charge in [0, 0.05) is 18.3 Å². The molecule has 1 aromatic carbocycles. The molecule has 0 unspecified atom stereocenters. The Labute approximate surface area is 132 Å². The van der Waals surface area contributed by atoms with Gasteiger partial charge in [-0.1, -0.05) is 12.1 Å². The van der Waals surface area contributed by atoms with E-state index in [0.29, 0.717) is 12.1 Å². The molecule has 0 aliphatic heterocycles. The fraction of sp³-hybridized carbons (Fsp3) is 0.0667. The summed E-state index contributed by atoms with van der Waals surface area (Å²) < 4.78 is 28.3. The van der Waals surface area contributed by atoms with Crippen LogP contribution in [-0.2, 0) is 16.6 Å². The van der Waals surface area contributed by atoms with Gasteiger partial charge in [0.15, 0.2) is 0 Å². The third-order valence-corrected chi connectivity index (χ3v) is 4.72. The molecule has 118 valence electrons. The van der Waals surface area contributed by atoms with E-state index in [9.17, 15) is 13.2 Å². The summed E-state index contributed by atoms with van der Waals surface area (Å²) in [6.07, 6.45) is 4.81. The lowest BCUT2D eigenvalue weighted by atomic mass is 10.2. The van der Waals surface area contributed by atoms with E-state index >= 15 is 0 Å². The number of fused-ring (bicyclic) bond motifs is 1. The Morgan fingerprint density at radius 2 is 1.96 bits per heavy atom. The first kappa shape index (κ1) is 15.2. The average Bonchev–Trinajstić information content (AvgIpc) is 3.02. The van der Waals surface area contributed by atoms with E-state index in [0.717, 1.165) is 5.56 Å². The molecule has 0 saturated carbocycles. The summed E-state index contributed by atoms with van der Waals surface area (Å²) in [5.74, 6) is -0.698. The molecular weight excluding hydrogens is 316 g/mol. The molecule has 0 saturated heterocycles. The lowest BCUT2D eigenvalue weighted by Gasteiger charge is -2.08. The maximum Gasteiger partial charge on any atom is 0.265 e. The summed E-state index contributed by atoms with van der Waals surface area (Å²) >= 11 is 0. The second kappa shape index (κ2) is 5.82. The van der Waals surface area contributed by atoms with Crippen LogP contribution in [0.25, 0.3) is 5.52 Å². The SMILES string of the molecule is NCc1ccc(S(=O)(=O)NC(=O)c2ccn3cncc3c2)cc1. The number of rotatable bonds is 4. The van der Waals surface area contributed by atoms with Crippen molar-refractivity contribution in [3.63, 3.8) is 0 Å². The number of sulfonamides is 1. The number of carbonyl (C=O) groups excluding carboxylic acids is 1. The molecule has 0 spiro atoms. The Bertz CT molecular complexity index is 962. The number of imidazole rings is 1. The molecule has 3 aromatic rings. The van der Waals surface area contributed by atoms with E-state index in [-0.39, 0.29) is 10.5 Å². The van der Waals surface area contributed by atoms with E-state index in [1.54, 1.807) is 41.3 Å². The summed E-state index contributed by atoms with van der Waals surface area (Å²) in [5, 5.41) is 0. The van der Waals surface area contributed by atoms with Crippen molar-refractivity contribution in [3.8, 4) is 0 Å². The number of nitrogens with one attached hydrogen (secondary N) is 1. The predicted molar refractivity (Wildman–Crippen MR) is 84.2 cm³/mol. The highest BCUT2D eigenvalue weighted by Crippen LogP contribution is 2.12. The van der Waals surface area contributed by atoms with Crippen LogP contribution in [0.1, 0.15) is 15.9 Å². The van der Waals surface area contributed by atoms with Crippen LogP contribution in [0.3, 0.4) is 0 Å². The molecule has 0 aliphatic carbocycles. The maximum absolute atomic E-state index is 12.2. The zero-order valence-electron chi connectivity index (χ0n) is 12.0. The van der Waals surface area contributed by atoms with Crippen molar-refractivity contribution in [3.05, 3.63) is 66.2 Å². The maximum atomic E-state index is 12.2. The van der Waals surface area contributed by atoms with Gasteiger partial charge in [-0.05, 0) is 29.8 Å². The highest BCUT2D eigenvalue weighted by atomic mass is 32.2. The minimum atomic E-state index is -3.94. The summed E-state index contributed by atoms with van der Waals surface area (Å²) in [5.41, 5.74) is 7.22. The van der Waals surface area contributed by atoms with Gasteiger partial charge < -0.3 is 10.1 Å². The van der Waals surface area contributed by atoms with Crippen LogP contribution in [0.15, 0.2) is 60.0 Å². The van der Waals surface area contributed by atoms with E-state index in [4.69, 9.17) is 5.73 Å². The molecule has 3 rings (SSSR count). The van der Waals surface area contributed by atoms with Crippen molar-refractivity contribution < 1.29 is 13.2 Å². The molecule has 23 heavy (non-hydrogen) atoms. The summed E-state index contributed by atoms with van der Waals surface area (Å²) in [6.45, 7) is 0.318. The minimum Gasteiger partial charge on any atom is -0.326 e. The largest absolute Gasteiger partial charge is 0.326 e. The fourth-order valence-electron chi connectivity index (χ4n) is 2.11. The molecule has 0 radical (unpaired) electrons. The predicted octanol–water partition coefficient (Wildman–Crippen LogP) is 0.912. The number of amides is 1. The first-order valence-corrected chi connectivity index (χ1v) is 8.26. The van der Waals surface area contributed by atoms with Gasteiger partial charge in [0.25, 0.3) is 15.9 Å². The Hall–Kier alpha value is -2.71. The third kappa shape index (κ3) is 3.08. The summed E-state index contributed by atoms with van der Waals surface area (Å²) in [6, 6.07) is 9.14. The van der Waals surface area contributed by atoms with E-state index in [2.05, 4.69) is 9.71 Å². The quantitative estimate of drug-likeness (QED) is 0.739. The van der Waals surface area contributed by atoms with Crippen LogP contribution < -0.4 is 10.5 Å². The molecule has 0 bridgehead atoms. The van der Waals surface area contributed by atoms with Gasteiger partial charge in [0.05, 0.1) is 22.9 Å². The number of carbonyl (C=O) groups is 1. The van der Waals surface area contributed by atoms with Gasteiger partial charge in [-0.3, -0.25) is 4.79 Å². The van der Waals surface area contributed by atoms with Crippen LogP contribution in [-0.4, -0.2) is 23.7 Å². The average molecular weight is 330 g/mol. The Morgan fingerprint density at radius 1 is 1.22 bits per heavy atom. The molecule has 0 aliphatic rings. The monoisotopic (exact) mass is 330 g/mol. The normalized spacial score (nSPS) is 11.5. The van der Waals surface area contributed by atoms with Crippen LogP contribution in [0.2, 0.25) is 0 Å². The second-order valence-electron chi connectivity index (χ2n) is 4.92. The lowest BCUT2D eigenvalue weighted by molar-refractivity contribution is 0.0981. The van der Waals surface area contributed by atoms with Crippen LogP contribution in [0, 0.1) is 0 Å². The topological polar surface area (TPSA) is 107 Å². The summed E-state index contributed by atoms with van der Waals surface area (Å²) in [7, 11) is -3.94. The van der Waals surface area contributed by atoms with Gasteiger partial charge in [0.2, 0.25) is 0 Å². The van der Waals surface area contributed by atoms with Crippen molar-refractivity contribution >= 4 is 21.4 Å². The van der Waals surface area contributed by atoms with Gasteiger partial charge in [-0.15, -0.1) is 0 Å². The van der Waals surface area contributed by atoms with Gasteiger partial charge in [-0.2, -0.15) is 0 Å². The van der Waals surface area contributed by atoms with Gasteiger partial charge in [-0.25, -0.2) is 18.1 Å². The van der Waals surface area contributed by atoms with Crippen LogP contribution >= 0.6 is 0 Å². The molecule has 2 aromatic heterocycles. The zero-order valence-corrected chi connectivity index (χ0v) is 12.8. The van der Waals surface area contributed by atoms with Crippen LogP contribution in [0.4, 0.5) is 0 Å². The number of nitrogens with two attached hydrogens (primary N) is 1. The van der Waals surface area contributed by atoms with Crippen molar-refractivity contribution in [2.45, 2.75) is 11.4 Å². The Morgan fingerprint density at radius 3 is 2.65 bits per heavy atom. The van der Waals surface area contributed by atoms with Crippen molar-refractivity contribution in [1.82, 2.24) is 14.1 Å². The standard InChI is InChI=1S/C15H14N4O3S/c16-8-11-1-3-14(4-2-11)23(21,22)18-15(20)12-5-6-19-10-17-9-13(19)7-12/h1-7,9-10H,8,16H2,(H,18,20). The first-order chi connectivity index (χ1) is 11.0. The fourth-order valence-corrected chi connectivity index (χ4v) is 3.08. The number of pyridine rings is 1. The number of aromatic nitrogens is 2. The number of nitrogens with zero attached hydrogens (tertiary/aromatic N) is 2. The highest BCUT2D eigenvalue weighted by Gasteiger charge is 2.18. The highest BCUT2D eigenvalue weighted by molar-refractivity contribution is 7.90. The molecule has 7 nitrogen and oxygen atoms in total. The lowest BCUT2D eigenvalue weighted by Crippen LogP contribution is -2.30. The molecule has 0 atom stereocenters. The minimum absolute atomic E-state index is 0.00785. The number of benzene rings is 1. The third-order valence-electron chi connectivity index (χ3n) is 3.37. The van der Waals surface area contributed by atoms with E-state index < -0.39 is 15.9 Å². The van der Waals surface area contributed by atoms with Gasteiger partial charge >= 0.3 is 0 Å². The van der Waals surface area contributed by atoms with Crippen molar-refractivity contribution in [1.29, 1.82) is 0 Å². The summed E-state index contributed by atoms with van der Waals surface area (Å²) in [4.78, 5) is 16.1. The molecule has 3 N–H and O–H groups in total. The number of hydrogen-bond acceptors (Lipinski definition) is 5. The smallest absolute Gasteiger partial charge is 0.265 e. The Balaban J connectivity index is 1.84. The first-order valence-electron chi connectivity index (χ1n) is 6.77. The van der Waals surface area contributed by atoms with E-state index in [1.807, 2.05) is 0 Å². The molecule has 8 heteroatoms. The van der Waals surface area contributed by atoms with Crippen molar-refractivity contribution in [2.75, 3.05) is 0 Å². The molecule has 1 amide bonds. The molecule has 0 fully saturated rings.